The van der Waals surface area contributed by atoms with Crippen LogP contribution >= 0.6 is 0 Å². The van der Waals surface area contributed by atoms with Gasteiger partial charge in [0.1, 0.15) is 11.6 Å². The molecule has 0 radical (unpaired) electrons. The third-order valence-corrected chi connectivity index (χ3v) is 2.27. The second-order valence-electron chi connectivity index (χ2n) is 3.59. The maximum Gasteiger partial charge on any atom is 0.146 e. The summed E-state index contributed by atoms with van der Waals surface area (Å²) in [6.07, 6.45) is 0. The second-order valence-corrected chi connectivity index (χ2v) is 3.59. The van der Waals surface area contributed by atoms with Crippen molar-refractivity contribution in [3.8, 4) is 0 Å². The molecule has 1 N–H and O–H groups in total. The molecule has 1 nitrogen and oxygen atoms in total. The molecule has 20 heavy (non-hydrogen) atoms. The van der Waals surface area contributed by atoms with E-state index >= 15 is 0 Å². The van der Waals surface area contributed by atoms with Crippen LogP contribution in [0, 0.1) is 18.6 Å². The largest absolute Gasteiger partial charge is 0.351 e. The SMILES string of the molecule is CC.CF.Cc1ccc(Nc2ccccc2F)c(F)c1. The minimum absolute atomic E-state index is 0.269. The lowest BCUT2D eigenvalue weighted by Gasteiger charge is -2.08. The Bertz CT molecular complexity index is 513. The first-order valence-corrected chi connectivity index (χ1v) is 6.32. The lowest BCUT2D eigenvalue weighted by Crippen LogP contribution is -1.96. The molecule has 0 unspecified atom stereocenters. The van der Waals surface area contributed by atoms with Gasteiger partial charge in [-0.3, -0.25) is 4.39 Å². The number of rotatable bonds is 2. The van der Waals surface area contributed by atoms with Crippen molar-refractivity contribution in [2.45, 2.75) is 20.8 Å². The molecule has 0 saturated heterocycles. The number of benzene rings is 2. The number of anilines is 2. The Morgan fingerprint density at radius 1 is 0.800 bits per heavy atom. The average Bonchev–Trinajstić information content (AvgIpc) is 2.48. The fraction of sp³-hybridized carbons (Fsp3) is 0.250. The molecule has 0 aliphatic rings. The topological polar surface area (TPSA) is 12.0 Å². The predicted octanol–water partition coefficient (Wildman–Crippen LogP) is 5.63. The van der Waals surface area contributed by atoms with Gasteiger partial charge in [-0.1, -0.05) is 32.0 Å². The van der Waals surface area contributed by atoms with Gasteiger partial charge < -0.3 is 5.32 Å². The Morgan fingerprint density at radius 3 is 1.90 bits per heavy atom. The van der Waals surface area contributed by atoms with Gasteiger partial charge in [0.2, 0.25) is 0 Å². The highest BCUT2D eigenvalue weighted by atomic mass is 19.1. The molecule has 0 aromatic heterocycles. The lowest BCUT2D eigenvalue weighted by molar-refractivity contribution is 0.625. The summed E-state index contributed by atoms with van der Waals surface area (Å²) in [7, 11) is 0.500. The molecule has 0 fully saturated rings. The quantitative estimate of drug-likeness (QED) is 0.753. The first-order valence-electron chi connectivity index (χ1n) is 6.32. The maximum atomic E-state index is 13.5. The van der Waals surface area contributed by atoms with E-state index in [-0.39, 0.29) is 17.2 Å². The van der Waals surface area contributed by atoms with E-state index in [0.717, 1.165) is 5.56 Å². The zero-order chi connectivity index (χ0) is 15.5. The number of nitrogens with one attached hydrogen (secondary N) is 1. The molecule has 2 rings (SSSR count). The molecule has 0 aliphatic carbocycles. The van der Waals surface area contributed by atoms with Crippen LogP contribution in [-0.4, -0.2) is 7.18 Å². The van der Waals surface area contributed by atoms with E-state index < -0.39 is 5.82 Å². The van der Waals surface area contributed by atoms with Gasteiger partial charge in [0.05, 0.1) is 18.6 Å². The molecule has 0 amide bonds. The summed E-state index contributed by atoms with van der Waals surface area (Å²) in [6, 6.07) is 10.9. The summed E-state index contributed by atoms with van der Waals surface area (Å²) in [5.74, 6) is -0.786. The highest BCUT2D eigenvalue weighted by Gasteiger charge is 2.05. The van der Waals surface area contributed by atoms with Crippen molar-refractivity contribution in [3.63, 3.8) is 0 Å². The molecular formula is C16H20F3N. The van der Waals surface area contributed by atoms with Crippen LogP contribution < -0.4 is 5.32 Å². The molecule has 0 bridgehead atoms. The third-order valence-electron chi connectivity index (χ3n) is 2.27. The normalized spacial score (nSPS) is 8.75. The van der Waals surface area contributed by atoms with E-state index in [4.69, 9.17) is 0 Å². The summed E-state index contributed by atoms with van der Waals surface area (Å²) in [5, 5.41) is 2.72. The molecular weight excluding hydrogens is 263 g/mol. The molecule has 0 saturated carbocycles. The van der Waals surface area contributed by atoms with Crippen molar-refractivity contribution < 1.29 is 13.2 Å². The van der Waals surface area contributed by atoms with E-state index in [0.29, 0.717) is 7.18 Å². The van der Waals surface area contributed by atoms with Crippen molar-refractivity contribution in [1.82, 2.24) is 0 Å². The van der Waals surface area contributed by atoms with Crippen molar-refractivity contribution in [3.05, 3.63) is 59.7 Å². The van der Waals surface area contributed by atoms with Crippen LogP contribution in [0.3, 0.4) is 0 Å². The molecule has 2 aromatic rings. The van der Waals surface area contributed by atoms with E-state index in [2.05, 4.69) is 5.32 Å². The van der Waals surface area contributed by atoms with Crippen LogP contribution in [0.15, 0.2) is 42.5 Å². The number of hydrogen-bond donors (Lipinski definition) is 1. The average molecular weight is 283 g/mol. The van der Waals surface area contributed by atoms with Crippen molar-refractivity contribution >= 4 is 11.4 Å². The van der Waals surface area contributed by atoms with Crippen molar-refractivity contribution in [2.24, 2.45) is 0 Å². The van der Waals surface area contributed by atoms with Crippen LogP contribution in [-0.2, 0) is 0 Å². The second kappa shape index (κ2) is 9.89. The van der Waals surface area contributed by atoms with Crippen molar-refractivity contribution in [2.75, 3.05) is 12.5 Å². The van der Waals surface area contributed by atoms with E-state index in [1.807, 2.05) is 13.8 Å². The number of hydrogen-bond acceptors (Lipinski definition) is 1. The highest BCUT2D eigenvalue weighted by molar-refractivity contribution is 5.60. The van der Waals surface area contributed by atoms with Gasteiger partial charge in [0, 0.05) is 0 Å². The minimum atomic E-state index is -0.400. The minimum Gasteiger partial charge on any atom is -0.351 e. The van der Waals surface area contributed by atoms with E-state index in [9.17, 15) is 13.2 Å². The fourth-order valence-corrected chi connectivity index (χ4v) is 1.43. The maximum absolute atomic E-state index is 13.5. The molecule has 0 atom stereocenters. The summed E-state index contributed by atoms with van der Waals surface area (Å²) in [5.41, 5.74) is 1.37. The van der Waals surface area contributed by atoms with Gasteiger partial charge in [-0.2, -0.15) is 0 Å². The van der Waals surface area contributed by atoms with Gasteiger partial charge in [0.25, 0.3) is 0 Å². The van der Waals surface area contributed by atoms with Crippen LogP contribution in [0.2, 0.25) is 0 Å². The Kier molecular flexibility index (Phi) is 8.92. The zero-order valence-electron chi connectivity index (χ0n) is 12.2. The molecule has 2 aromatic carbocycles. The monoisotopic (exact) mass is 283 g/mol. The van der Waals surface area contributed by atoms with Crippen LogP contribution in [0.1, 0.15) is 19.4 Å². The molecule has 0 heterocycles. The summed E-state index contributed by atoms with van der Waals surface area (Å²) in [4.78, 5) is 0. The third kappa shape index (κ3) is 5.34. The van der Waals surface area contributed by atoms with Crippen LogP contribution in [0.5, 0.6) is 0 Å². The summed E-state index contributed by atoms with van der Waals surface area (Å²) >= 11 is 0. The standard InChI is InChI=1S/C13H11F2N.C2H6.CH3F/c1-9-6-7-13(11(15)8-9)16-12-5-3-2-4-10(12)14;2*1-2/h2-8,16H,1H3;1-2H3;1H3. The summed E-state index contributed by atoms with van der Waals surface area (Å²) < 4.78 is 36.3. The number of aryl methyl sites for hydroxylation is 1. The zero-order valence-corrected chi connectivity index (χ0v) is 12.2. The first-order chi connectivity index (χ1) is 9.66. The Hall–Kier alpha value is -1.97. The number of para-hydroxylation sites is 1. The fourth-order valence-electron chi connectivity index (χ4n) is 1.43. The Morgan fingerprint density at radius 2 is 1.35 bits per heavy atom. The molecule has 0 aliphatic heterocycles. The smallest absolute Gasteiger partial charge is 0.146 e. The number of alkyl halides is 1. The molecule has 0 spiro atoms. The van der Waals surface area contributed by atoms with E-state index in [1.165, 1.54) is 12.1 Å². The van der Waals surface area contributed by atoms with Gasteiger partial charge in [-0.15, -0.1) is 0 Å². The first kappa shape index (κ1) is 18.0. The van der Waals surface area contributed by atoms with E-state index in [1.54, 1.807) is 37.3 Å². The van der Waals surface area contributed by atoms with Crippen molar-refractivity contribution in [1.29, 1.82) is 0 Å². The predicted molar refractivity (Wildman–Crippen MR) is 79.2 cm³/mol. The highest BCUT2D eigenvalue weighted by Crippen LogP contribution is 2.22. The lowest BCUT2D eigenvalue weighted by atomic mass is 10.2. The van der Waals surface area contributed by atoms with Gasteiger partial charge in [0.15, 0.2) is 0 Å². The Labute approximate surface area is 118 Å². The molecule has 110 valence electrons. The van der Waals surface area contributed by atoms with Gasteiger partial charge in [-0.05, 0) is 36.8 Å². The van der Waals surface area contributed by atoms with Gasteiger partial charge >= 0.3 is 0 Å². The summed E-state index contributed by atoms with van der Waals surface area (Å²) in [6.45, 7) is 5.80. The van der Waals surface area contributed by atoms with Crippen LogP contribution in [0.25, 0.3) is 0 Å². The Balaban J connectivity index is 0.000000829. The van der Waals surface area contributed by atoms with Gasteiger partial charge in [-0.25, -0.2) is 8.78 Å². The van der Waals surface area contributed by atoms with Crippen LogP contribution in [0.4, 0.5) is 24.5 Å². The molecule has 4 heteroatoms. The number of halogens is 3.